The fraction of sp³-hybridized carbons (Fsp3) is 0.529. The number of rotatable bonds is 9. The molecule has 10 heteroatoms. The second-order valence-electron chi connectivity index (χ2n) is 5.88. The number of amides is 1. The summed E-state index contributed by atoms with van der Waals surface area (Å²) in [5.74, 6) is -0.388. The van der Waals surface area contributed by atoms with Gasteiger partial charge in [-0.2, -0.15) is 0 Å². The molecule has 0 aromatic heterocycles. The number of carbonyl (C=O) groups is 1. The van der Waals surface area contributed by atoms with Gasteiger partial charge in [0.05, 0.1) is 18.8 Å². The van der Waals surface area contributed by atoms with E-state index in [0.29, 0.717) is 30.2 Å². The summed E-state index contributed by atoms with van der Waals surface area (Å²) in [4.78, 5) is 16.0. The Labute approximate surface area is 177 Å². The van der Waals surface area contributed by atoms with Crippen LogP contribution < -0.4 is 16.0 Å². The van der Waals surface area contributed by atoms with Crippen molar-refractivity contribution in [3.8, 4) is 0 Å². The number of halogens is 2. The maximum atomic E-state index is 13.5. The second kappa shape index (κ2) is 12.9. The summed E-state index contributed by atoms with van der Waals surface area (Å²) in [6, 6.07) is 3.97. The average molecular weight is 514 g/mol. The number of benzene rings is 1. The predicted octanol–water partition coefficient (Wildman–Crippen LogP) is 1.57. The minimum absolute atomic E-state index is 0. The van der Waals surface area contributed by atoms with Crippen LogP contribution in [0.25, 0.3) is 0 Å². The summed E-state index contributed by atoms with van der Waals surface area (Å²) in [7, 11) is -3.25. The lowest BCUT2D eigenvalue weighted by atomic mass is 10.1. The lowest BCUT2D eigenvalue weighted by Crippen LogP contribution is -2.43. The number of nitrogens with zero attached hydrogens (tertiary/aromatic N) is 1. The van der Waals surface area contributed by atoms with Crippen LogP contribution in [-0.4, -0.2) is 46.2 Å². The molecule has 0 saturated heterocycles. The number of carbonyl (C=O) groups excluding carboxylic acids is 1. The Morgan fingerprint density at radius 2 is 1.85 bits per heavy atom. The van der Waals surface area contributed by atoms with Crippen molar-refractivity contribution < 1.29 is 17.6 Å². The molecule has 0 aliphatic rings. The Morgan fingerprint density at radius 1 is 1.15 bits per heavy atom. The van der Waals surface area contributed by atoms with E-state index in [1.54, 1.807) is 0 Å². The molecule has 154 valence electrons. The SMILES string of the molecule is CCCNC(=O)CNC(=NCc1cc(F)ccc1CS(C)(=O)=O)NCC.I. The molecule has 1 aromatic rings. The molecule has 1 aromatic carbocycles. The van der Waals surface area contributed by atoms with Crippen molar-refractivity contribution in [1.29, 1.82) is 0 Å². The Morgan fingerprint density at radius 3 is 2.44 bits per heavy atom. The van der Waals surface area contributed by atoms with E-state index in [9.17, 15) is 17.6 Å². The van der Waals surface area contributed by atoms with Gasteiger partial charge >= 0.3 is 0 Å². The van der Waals surface area contributed by atoms with Crippen LogP contribution in [0.2, 0.25) is 0 Å². The van der Waals surface area contributed by atoms with Crippen molar-refractivity contribution in [2.45, 2.75) is 32.6 Å². The molecule has 0 bridgehead atoms. The fourth-order valence-corrected chi connectivity index (χ4v) is 3.01. The predicted molar refractivity (Wildman–Crippen MR) is 116 cm³/mol. The Bertz CT molecular complexity index is 742. The molecule has 0 radical (unpaired) electrons. The van der Waals surface area contributed by atoms with Crippen molar-refractivity contribution in [2.75, 3.05) is 25.9 Å². The standard InChI is InChI=1S/C17H27FN4O3S.HI/c1-4-8-20-16(23)11-22-17(19-5-2)21-10-14-9-15(18)7-6-13(14)12-26(3,24)25;/h6-7,9H,4-5,8,10-12H2,1-3H3,(H,20,23)(H2,19,21,22);1H. The number of guanidine groups is 1. The highest BCUT2D eigenvalue weighted by Gasteiger charge is 2.11. The largest absolute Gasteiger partial charge is 0.357 e. The zero-order valence-electron chi connectivity index (χ0n) is 15.8. The van der Waals surface area contributed by atoms with E-state index in [2.05, 4.69) is 20.9 Å². The molecule has 1 rings (SSSR count). The molecule has 0 atom stereocenters. The van der Waals surface area contributed by atoms with Gasteiger partial charge in [-0.3, -0.25) is 4.79 Å². The highest BCUT2D eigenvalue weighted by atomic mass is 127. The van der Waals surface area contributed by atoms with Crippen LogP contribution in [-0.2, 0) is 26.9 Å². The van der Waals surface area contributed by atoms with Crippen LogP contribution in [0.15, 0.2) is 23.2 Å². The monoisotopic (exact) mass is 514 g/mol. The molecule has 0 saturated carbocycles. The number of hydrogen-bond acceptors (Lipinski definition) is 4. The van der Waals surface area contributed by atoms with E-state index < -0.39 is 15.7 Å². The van der Waals surface area contributed by atoms with Crippen LogP contribution in [0.5, 0.6) is 0 Å². The quantitative estimate of drug-likeness (QED) is 0.264. The summed E-state index contributed by atoms with van der Waals surface area (Å²) in [5.41, 5.74) is 0.997. The van der Waals surface area contributed by atoms with Gasteiger partial charge in [0.25, 0.3) is 0 Å². The van der Waals surface area contributed by atoms with E-state index in [-0.39, 0.29) is 48.7 Å². The number of sulfone groups is 1. The third-order valence-electron chi connectivity index (χ3n) is 3.33. The molecular formula is C17H28FIN4O3S. The van der Waals surface area contributed by atoms with Gasteiger partial charge in [-0.15, -0.1) is 24.0 Å². The molecule has 7 nitrogen and oxygen atoms in total. The van der Waals surface area contributed by atoms with Gasteiger partial charge in [0.15, 0.2) is 15.8 Å². The number of hydrogen-bond donors (Lipinski definition) is 3. The summed E-state index contributed by atoms with van der Waals surface area (Å²) in [6.45, 7) is 5.19. The van der Waals surface area contributed by atoms with E-state index in [4.69, 9.17) is 0 Å². The molecule has 0 fully saturated rings. The zero-order chi connectivity index (χ0) is 19.6. The minimum Gasteiger partial charge on any atom is -0.357 e. The summed E-state index contributed by atoms with van der Waals surface area (Å²) >= 11 is 0. The van der Waals surface area contributed by atoms with Crippen molar-refractivity contribution >= 4 is 45.7 Å². The third kappa shape index (κ3) is 11.1. The Hall–Kier alpha value is -1.43. The molecular weight excluding hydrogens is 486 g/mol. The van der Waals surface area contributed by atoms with Gasteiger partial charge in [-0.25, -0.2) is 17.8 Å². The molecule has 0 aliphatic heterocycles. The van der Waals surface area contributed by atoms with Crippen molar-refractivity contribution in [3.05, 3.63) is 35.1 Å². The molecule has 3 N–H and O–H groups in total. The summed E-state index contributed by atoms with van der Waals surface area (Å²) < 4.78 is 36.6. The molecule has 0 aliphatic carbocycles. The molecule has 0 unspecified atom stereocenters. The molecule has 1 amide bonds. The van der Waals surface area contributed by atoms with Gasteiger partial charge in [-0.1, -0.05) is 13.0 Å². The van der Waals surface area contributed by atoms with E-state index in [0.717, 1.165) is 12.7 Å². The fourth-order valence-electron chi connectivity index (χ4n) is 2.16. The lowest BCUT2D eigenvalue weighted by molar-refractivity contribution is -0.120. The Balaban J connectivity index is 0.00000676. The van der Waals surface area contributed by atoms with Gasteiger partial charge in [-0.05, 0) is 36.6 Å². The minimum atomic E-state index is -3.25. The first-order valence-electron chi connectivity index (χ1n) is 8.49. The van der Waals surface area contributed by atoms with E-state index in [1.165, 1.54) is 18.2 Å². The first-order valence-corrected chi connectivity index (χ1v) is 10.5. The lowest BCUT2D eigenvalue weighted by Gasteiger charge is -2.12. The van der Waals surface area contributed by atoms with Crippen molar-refractivity contribution in [1.82, 2.24) is 16.0 Å². The molecule has 0 spiro atoms. The first-order chi connectivity index (χ1) is 12.2. The third-order valence-corrected chi connectivity index (χ3v) is 4.16. The highest BCUT2D eigenvalue weighted by Crippen LogP contribution is 2.15. The molecule has 27 heavy (non-hydrogen) atoms. The van der Waals surface area contributed by atoms with Crippen LogP contribution in [0.1, 0.15) is 31.4 Å². The second-order valence-corrected chi connectivity index (χ2v) is 8.02. The van der Waals surface area contributed by atoms with Gasteiger partial charge < -0.3 is 16.0 Å². The van der Waals surface area contributed by atoms with Crippen LogP contribution >= 0.6 is 24.0 Å². The number of aliphatic imine (C=N–C) groups is 1. The van der Waals surface area contributed by atoms with E-state index in [1.807, 2.05) is 13.8 Å². The van der Waals surface area contributed by atoms with Crippen molar-refractivity contribution in [2.24, 2.45) is 4.99 Å². The maximum absolute atomic E-state index is 13.5. The van der Waals surface area contributed by atoms with E-state index >= 15 is 0 Å². The average Bonchev–Trinajstić information content (AvgIpc) is 2.56. The highest BCUT2D eigenvalue weighted by molar-refractivity contribution is 14.0. The molecule has 0 heterocycles. The smallest absolute Gasteiger partial charge is 0.239 e. The number of nitrogens with one attached hydrogen (secondary N) is 3. The topological polar surface area (TPSA) is 99.7 Å². The maximum Gasteiger partial charge on any atom is 0.239 e. The van der Waals surface area contributed by atoms with Gasteiger partial charge in [0, 0.05) is 19.3 Å². The first kappa shape index (κ1) is 25.6. The van der Waals surface area contributed by atoms with Crippen molar-refractivity contribution in [3.63, 3.8) is 0 Å². The van der Waals surface area contributed by atoms with Crippen LogP contribution in [0, 0.1) is 5.82 Å². The van der Waals surface area contributed by atoms with Crippen LogP contribution in [0.4, 0.5) is 4.39 Å². The summed E-state index contributed by atoms with van der Waals surface area (Å²) in [6.07, 6.45) is 1.98. The van der Waals surface area contributed by atoms with Crippen LogP contribution in [0.3, 0.4) is 0 Å². The van der Waals surface area contributed by atoms with Gasteiger partial charge in [0.1, 0.15) is 5.82 Å². The Kier molecular flexibility index (Phi) is 12.2. The summed E-state index contributed by atoms with van der Waals surface area (Å²) in [5, 5.41) is 8.64. The normalized spacial score (nSPS) is 11.5. The zero-order valence-corrected chi connectivity index (χ0v) is 19.0. The van der Waals surface area contributed by atoms with Gasteiger partial charge in [0.2, 0.25) is 5.91 Å².